The van der Waals surface area contributed by atoms with E-state index in [0.29, 0.717) is 30.8 Å². The third-order valence-electron chi connectivity index (χ3n) is 7.28. The lowest BCUT2D eigenvalue weighted by Crippen LogP contribution is -2.51. The molecule has 6 rings (SSSR count). The molecule has 5 aliphatic rings. The quantitative estimate of drug-likeness (QED) is 0.783. The highest BCUT2D eigenvalue weighted by atomic mass is 16.5. The van der Waals surface area contributed by atoms with Crippen molar-refractivity contribution < 1.29 is 14.3 Å². The van der Waals surface area contributed by atoms with Crippen molar-refractivity contribution in [1.29, 1.82) is 0 Å². The van der Waals surface area contributed by atoms with E-state index in [4.69, 9.17) is 4.74 Å². The van der Waals surface area contributed by atoms with Crippen LogP contribution in [-0.4, -0.2) is 29.9 Å². The van der Waals surface area contributed by atoms with Gasteiger partial charge in [0.15, 0.2) is 6.61 Å². The van der Waals surface area contributed by atoms with Crippen LogP contribution in [0.5, 0.6) is 0 Å². The van der Waals surface area contributed by atoms with E-state index in [9.17, 15) is 9.59 Å². The van der Waals surface area contributed by atoms with E-state index < -0.39 is 0 Å². The van der Waals surface area contributed by atoms with Gasteiger partial charge in [0.05, 0.1) is 5.41 Å². The zero-order valence-electron chi connectivity index (χ0n) is 15.3. The fourth-order valence-corrected chi connectivity index (χ4v) is 6.44. The Kier molecular flexibility index (Phi) is 3.84. The summed E-state index contributed by atoms with van der Waals surface area (Å²) in [4.78, 5) is 27.3. The Morgan fingerprint density at radius 3 is 2.27 bits per heavy atom. The largest absolute Gasteiger partial charge is 0.455 e. The maximum Gasteiger partial charge on any atom is 0.312 e. The van der Waals surface area contributed by atoms with Crippen LogP contribution in [-0.2, 0) is 27.3 Å². The Hall–Kier alpha value is -1.84. The van der Waals surface area contributed by atoms with E-state index in [1.807, 2.05) is 17.0 Å². The maximum atomic E-state index is 12.9. The van der Waals surface area contributed by atoms with Crippen LogP contribution >= 0.6 is 0 Å². The number of carbonyl (C=O) groups excluding carboxylic acids is 2. The third kappa shape index (κ3) is 2.74. The first-order chi connectivity index (χ1) is 12.6. The van der Waals surface area contributed by atoms with Gasteiger partial charge >= 0.3 is 5.97 Å². The van der Waals surface area contributed by atoms with Gasteiger partial charge in [0.1, 0.15) is 0 Å². The van der Waals surface area contributed by atoms with Gasteiger partial charge in [-0.25, -0.2) is 0 Å². The second kappa shape index (κ2) is 6.11. The second-order valence-electron chi connectivity index (χ2n) is 9.11. The molecule has 4 bridgehead atoms. The molecule has 0 unspecified atom stereocenters. The van der Waals surface area contributed by atoms with Crippen molar-refractivity contribution in [2.24, 2.45) is 23.2 Å². The highest BCUT2D eigenvalue weighted by Crippen LogP contribution is 2.60. The van der Waals surface area contributed by atoms with Crippen LogP contribution in [0, 0.1) is 23.2 Å². The Labute approximate surface area is 154 Å². The molecule has 1 heterocycles. The van der Waals surface area contributed by atoms with E-state index in [0.717, 1.165) is 25.7 Å². The zero-order valence-corrected chi connectivity index (χ0v) is 15.3. The van der Waals surface area contributed by atoms with Crippen molar-refractivity contribution in [2.75, 3.05) is 13.2 Å². The van der Waals surface area contributed by atoms with E-state index >= 15 is 0 Å². The third-order valence-corrected chi connectivity index (χ3v) is 7.28. The smallest absolute Gasteiger partial charge is 0.312 e. The van der Waals surface area contributed by atoms with Crippen molar-refractivity contribution in [3.63, 3.8) is 0 Å². The van der Waals surface area contributed by atoms with Crippen LogP contribution in [0.4, 0.5) is 0 Å². The van der Waals surface area contributed by atoms with Crippen molar-refractivity contribution >= 4 is 11.9 Å². The average Bonchev–Trinajstić information content (AvgIpc) is 2.64. The van der Waals surface area contributed by atoms with Gasteiger partial charge in [0, 0.05) is 13.1 Å². The summed E-state index contributed by atoms with van der Waals surface area (Å²) in [5.74, 6) is 1.98. The fraction of sp³-hybridized carbons (Fsp3) is 0.636. The molecule has 0 spiro atoms. The van der Waals surface area contributed by atoms with Crippen LogP contribution in [0.15, 0.2) is 24.3 Å². The molecule has 4 heteroatoms. The van der Waals surface area contributed by atoms with E-state index in [-0.39, 0.29) is 23.9 Å². The monoisotopic (exact) mass is 353 g/mol. The van der Waals surface area contributed by atoms with Crippen molar-refractivity contribution in [3.8, 4) is 0 Å². The number of amides is 1. The second-order valence-corrected chi connectivity index (χ2v) is 9.11. The van der Waals surface area contributed by atoms with Gasteiger partial charge in [-0.1, -0.05) is 24.3 Å². The lowest BCUT2D eigenvalue weighted by Gasteiger charge is -2.55. The first-order valence-corrected chi connectivity index (χ1v) is 10.1. The van der Waals surface area contributed by atoms with Crippen LogP contribution in [0.25, 0.3) is 0 Å². The van der Waals surface area contributed by atoms with Gasteiger partial charge in [-0.05, 0) is 73.8 Å². The summed E-state index contributed by atoms with van der Waals surface area (Å²) in [7, 11) is 0. The summed E-state index contributed by atoms with van der Waals surface area (Å²) in [6.07, 6.45) is 7.76. The molecule has 4 nitrogen and oxygen atoms in total. The topological polar surface area (TPSA) is 46.6 Å². The van der Waals surface area contributed by atoms with Crippen LogP contribution < -0.4 is 0 Å². The fourth-order valence-electron chi connectivity index (χ4n) is 6.44. The highest BCUT2D eigenvalue weighted by Gasteiger charge is 2.55. The minimum absolute atomic E-state index is 0.0578. The lowest BCUT2D eigenvalue weighted by molar-refractivity contribution is -0.174. The molecular weight excluding hydrogens is 326 g/mol. The highest BCUT2D eigenvalue weighted by molar-refractivity contribution is 5.83. The van der Waals surface area contributed by atoms with Gasteiger partial charge in [-0.15, -0.1) is 0 Å². The van der Waals surface area contributed by atoms with Crippen LogP contribution in [0.1, 0.15) is 49.7 Å². The molecule has 1 aromatic rings. The molecule has 4 saturated carbocycles. The summed E-state index contributed by atoms with van der Waals surface area (Å²) < 4.78 is 5.60. The summed E-state index contributed by atoms with van der Waals surface area (Å²) in [5.41, 5.74) is 2.26. The predicted molar refractivity (Wildman–Crippen MR) is 97.1 cm³/mol. The molecule has 4 fully saturated rings. The number of ether oxygens (including phenoxy) is 1. The molecule has 26 heavy (non-hydrogen) atoms. The number of nitrogens with zero attached hydrogens (tertiary/aromatic N) is 1. The average molecular weight is 353 g/mol. The number of carbonyl (C=O) groups is 2. The molecule has 4 aliphatic carbocycles. The molecule has 0 N–H and O–H groups in total. The van der Waals surface area contributed by atoms with Crippen molar-refractivity contribution in [2.45, 2.75) is 51.5 Å². The summed E-state index contributed by atoms with van der Waals surface area (Å²) in [6, 6.07) is 8.27. The van der Waals surface area contributed by atoms with Gasteiger partial charge in [-0.2, -0.15) is 0 Å². The van der Waals surface area contributed by atoms with Crippen molar-refractivity contribution in [1.82, 2.24) is 4.90 Å². The minimum atomic E-state index is -0.274. The standard InChI is InChI=1S/C22H27NO3/c24-20(23-6-5-18-3-1-2-4-19(18)13-23)14-26-21(25)22-10-15-7-16(11-22)9-17(8-15)12-22/h1-4,15-17H,5-14H2. The molecule has 1 aliphatic heterocycles. The van der Waals surface area contributed by atoms with Gasteiger partial charge in [0.2, 0.25) is 0 Å². The number of hydrogen-bond acceptors (Lipinski definition) is 3. The molecule has 0 atom stereocenters. The van der Waals surface area contributed by atoms with Gasteiger partial charge < -0.3 is 9.64 Å². The minimum Gasteiger partial charge on any atom is -0.455 e. The van der Waals surface area contributed by atoms with E-state index in [2.05, 4.69) is 12.1 Å². The number of esters is 1. The Bertz CT molecular complexity index is 705. The zero-order chi connectivity index (χ0) is 17.7. The summed E-state index contributed by atoms with van der Waals surface area (Å²) in [6.45, 7) is 1.25. The first kappa shape index (κ1) is 16.3. The summed E-state index contributed by atoms with van der Waals surface area (Å²) in [5, 5.41) is 0. The SMILES string of the molecule is O=C(COC(=O)C12CC3CC(CC(C3)C1)C2)N1CCc2ccccc2C1. The molecule has 0 aromatic heterocycles. The molecule has 0 saturated heterocycles. The lowest BCUT2D eigenvalue weighted by atomic mass is 9.49. The normalized spacial score (nSPS) is 34.5. The Morgan fingerprint density at radius 1 is 1.00 bits per heavy atom. The molecule has 1 aromatic carbocycles. The summed E-state index contributed by atoms with van der Waals surface area (Å²) >= 11 is 0. The van der Waals surface area contributed by atoms with E-state index in [1.165, 1.54) is 30.4 Å². The van der Waals surface area contributed by atoms with Crippen LogP contribution in [0.3, 0.4) is 0 Å². The number of benzene rings is 1. The van der Waals surface area contributed by atoms with Gasteiger partial charge in [-0.3, -0.25) is 9.59 Å². The van der Waals surface area contributed by atoms with Crippen LogP contribution in [0.2, 0.25) is 0 Å². The van der Waals surface area contributed by atoms with E-state index in [1.54, 1.807) is 0 Å². The first-order valence-electron chi connectivity index (χ1n) is 10.1. The molecule has 138 valence electrons. The molecule has 0 radical (unpaired) electrons. The molecule has 1 amide bonds. The number of rotatable bonds is 3. The predicted octanol–water partition coefficient (Wildman–Crippen LogP) is 3.33. The number of fused-ring (bicyclic) bond motifs is 1. The Balaban J connectivity index is 1.20. The molecular formula is C22H27NO3. The Morgan fingerprint density at radius 2 is 1.62 bits per heavy atom. The van der Waals surface area contributed by atoms with Gasteiger partial charge in [0.25, 0.3) is 5.91 Å². The maximum absolute atomic E-state index is 12.9. The number of hydrogen-bond donors (Lipinski definition) is 0. The van der Waals surface area contributed by atoms with Crippen molar-refractivity contribution in [3.05, 3.63) is 35.4 Å².